The van der Waals surface area contributed by atoms with Crippen molar-refractivity contribution in [3.63, 3.8) is 0 Å². The van der Waals surface area contributed by atoms with Gasteiger partial charge in [-0.25, -0.2) is 0 Å². The summed E-state index contributed by atoms with van der Waals surface area (Å²) in [4.78, 5) is 2.58. The number of nitrogen functional groups attached to an aromatic ring is 1. The van der Waals surface area contributed by atoms with Crippen LogP contribution in [0.15, 0.2) is 18.2 Å². The summed E-state index contributed by atoms with van der Waals surface area (Å²) in [5.74, 6) is 0. The van der Waals surface area contributed by atoms with Crippen molar-refractivity contribution in [1.29, 1.82) is 5.26 Å². The molecule has 1 fully saturated rings. The van der Waals surface area contributed by atoms with Crippen LogP contribution in [0.5, 0.6) is 0 Å². The standard InChI is InChI=1S/C16H24N4/c1-13-5-2-3-9-20(13)10-4-8-19-16-7-6-14(12-17)11-15(16)18/h6-7,11,13,19H,2-5,8-10,18H2,1H3. The lowest BCUT2D eigenvalue weighted by atomic mass is 10.0. The van der Waals surface area contributed by atoms with Gasteiger partial charge in [0.25, 0.3) is 0 Å². The van der Waals surface area contributed by atoms with Crippen molar-refractivity contribution in [3.05, 3.63) is 23.8 Å². The first kappa shape index (κ1) is 14.7. The lowest BCUT2D eigenvalue weighted by Gasteiger charge is -2.33. The van der Waals surface area contributed by atoms with Crippen molar-refractivity contribution in [2.45, 2.75) is 38.6 Å². The first-order valence-electron chi connectivity index (χ1n) is 7.48. The van der Waals surface area contributed by atoms with Crippen LogP contribution in [0.2, 0.25) is 0 Å². The molecule has 0 spiro atoms. The van der Waals surface area contributed by atoms with Crippen molar-refractivity contribution in [2.24, 2.45) is 0 Å². The number of anilines is 2. The van der Waals surface area contributed by atoms with Gasteiger partial charge in [-0.05, 0) is 50.9 Å². The zero-order valence-electron chi connectivity index (χ0n) is 12.2. The molecule has 4 heteroatoms. The molecular formula is C16H24N4. The SMILES string of the molecule is CC1CCCCN1CCCNc1ccc(C#N)cc1N. The molecule has 0 radical (unpaired) electrons. The molecule has 0 bridgehead atoms. The van der Waals surface area contributed by atoms with Crippen molar-refractivity contribution >= 4 is 11.4 Å². The number of nitrogens with zero attached hydrogens (tertiary/aromatic N) is 2. The predicted octanol–water partition coefficient (Wildman–Crippen LogP) is 2.82. The van der Waals surface area contributed by atoms with Gasteiger partial charge in [0.15, 0.2) is 0 Å². The molecule has 1 aromatic rings. The Morgan fingerprint density at radius 3 is 3.00 bits per heavy atom. The van der Waals surface area contributed by atoms with Gasteiger partial charge in [-0.2, -0.15) is 5.26 Å². The fraction of sp³-hybridized carbons (Fsp3) is 0.562. The third-order valence-corrected chi connectivity index (χ3v) is 4.06. The second-order valence-corrected chi connectivity index (χ2v) is 5.57. The number of hydrogen-bond donors (Lipinski definition) is 2. The maximum Gasteiger partial charge on any atom is 0.0992 e. The molecule has 0 aromatic heterocycles. The fourth-order valence-electron chi connectivity index (χ4n) is 2.79. The van der Waals surface area contributed by atoms with Gasteiger partial charge in [-0.3, -0.25) is 0 Å². The van der Waals surface area contributed by atoms with Gasteiger partial charge in [-0.1, -0.05) is 6.42 Å². The molecule has 1 heterocycles. The Kier molecular flexibility index (Phi) is 5.25. The summed E-state index contributed by atoms with van der Waals surface area (Å²) >= 11 is 0. The van der Waals surface area contributed by atoms with Crippen LogP contribution >= 0.6 is 0 Å². The Hall–Kier alpha value is -1.73. The molecule has 0 aliphatic carbocycles. The van der Waals surface area contributed by atoms with Crippen LogP contribution in [0.3, 0.4) is 0 Å². The Labute approximate surface area is 121 Å². The molecule has 1 aliphatic heterocycles. The molecular weight excluding hydrogens is 248 g/mol. The summed E-state index contributed by atoms with van der Waals surface area (Å²) in [7, 11) is 0. The Morgan fingerprint density at radius 1 is 1.45 bits per heavy atom. The summed E-state index contributed by atoms with van der Waals surface area (Å²) in [6.45, 7) is 5.62. The molecule has 4 nitrogen and oxygen atoms in total. The molecule has 2 rings (SSSR count). The quantitative estimate of drug-likeness (QED) is 0.639. The number of likely N-dealkylation sites (tertiary alicyclic amines) is 1. The fourth-order valence-corrected chi connectivity index (χ4v) is 2.79. The van der Waals surface area contributed by atoms with Crippen LogP contribution in [0.4, 0.5) is 11.4 Å². The van der Waals surface area contributed by atoms with E-state index in [1.54, 1.807) is 12.1 Å². The minimum absolute atomic E-state index is 0.607. The van der Waals surface area contributed by atoms with E-state index in [1.807, 2.05) is 6.07 Å². The molecule has 1 atom stereocenters. The van der Waals surface area contributed by atoms with E-state index in [-0.39, 0.29) is 0 Å². The zero-order valence-corrected chi connectivity index (χ0v) is 12.2. The first-order valence-corrected chi connectivity index (χ1v) is 7.48. The molecule has 20 heavy (non-hydrogen) atoms. The van der Waals surface area contributed by atoms with Gasteiger partial charge in [-0.15, -0.1) is 0 Å². The molecule has 0 amide bonds. The topological polar surface area (TPSA) is 65.1 Å². The summed E-state index contributed by atoms with van der Waals surface area (Å²) < 4.78 is 0. The summed E-state index contributed by atoms with van der Waals surface area (Å²) in [5, 5.41) is 12.2. The normalized spacial score (nSPS) is 19.5. The molecule has 3 N–H and O–H groups in total. The predicted molar refractivity (Wildman–Crippen MR) is 83.6 cm³/mol. The van der Waals surface area contributed by atoms with Gasteiger partial charge in [0.1, 0.15) is 0 Å². The van der Waals surface area contributed by atoms with Gasteiger partial charge in [0, 0.05) is 19.1 Å². The van der Waals surface area contributed by atoms with Crippen LogP contribution < -0.4 is 11.1 Å². The number of hydrogen-bond acceptors (Lipinski definition) is 4. The Balaban J connectivity index is 1.74. The van der Waals surface area contributed by atoms with Crippen molar-refractivity contribution in [3.8, 4) is 6.07 Å². The average molecular weight is 272 g/mol. The lowest BCUT2D eigenvalue weighted by molar-refractivity contribution is 0.160. The van der Waals surface area contributed by atoms with Gasteiger partial charge in [0.2, 0.25) is 0 Å². The minimum Gasteiger partial charge on any atom is -0.397 e. The second kappa shape index (κ2) is 7.16. The van der Waals surface area contributed by atoms with E-state index in [1.165, 1.54) is 25.8 Å². The Bertz CT molecular complexity index is 478. The van der Waals surface area contributed by atoms with E-state index in [4.69, 9.17) is 11.0 Å². The molecule has 1 unspecified atom stereocenters. The molecule has 0 saturated carbocycles. The van der Waals surface area contributed by atoms with Crippen molar-refractivity contribution in [1.82, 2.24) is 4.90 Å². The first-order chi connectivity index (χ1) is 9.70. The summed E-state index contributed by atoms with van der Waals surface area (Å²) in [5.41, 5.74) is 8.10. The minimum atomic E-state index is 0.607. The number of nitriles is 1. The lowest BCUT2D eigenvalue weighted by Crippen LogP contribution is -2.38. The van der Waals surface area contributed by atoms with Gasteiger partial charge < -0.3 is 16.0 Å². The van der Waals surface area contributed by atoms with Gasteiger partial charge in [0.05, 0.1) is 23.0 Å². The van der Waals surface area contributed by atoms with Crippen LogP contribution in [0, 0.1) is 11.3 Å². The van der Waals surface area contributed by atoms with Crippen LogP contribution in [-0.2, 0) is 0 Å². The second-order valence-electron chi connectivity index (χ2n) is 5.57. The van der Waals surface area contributed by atoms with Crippen LogP contribution in [0.1, 0.15) is 38.2 Å². The van der Waals surface area contributed by atoms with Crippen LogP contribution in [-0.4, -0.2) is 30.6 Å². The molecule has 1 saturated heterocycles. The number of rotatable bonds is 5. The van der Waals surface area contributed by atoms with E-state index >= 15 is 0 Å². The van der Waals surface area contributed by atoms with Crippen molar-refractivity contribution in [2.75, 3.05) is 30.7 Å². The maximum atomic E-state index is 8.80. The number of benzene rings is 1. The van der Waals surface area contributed by atoms with Crippen LogP contribution in [0.25, 0.3) is 0 Å². The summed E-state index contributed by atoms with van der Waals surface area (Å²) in [6, 6.07) is 8.22. The van der Waals surface area contributed by atoms with E-state index < -0.39 is 0 Å². The number of nitrogens with two attached hydrogens (primary N) is 1. The van der Waals surface area contributed by atoms with E-state index in [0.717, 1.165) is 31.2 Å². The van der Waals surface area contributed by atoms with E-state index in [9.17, 15) is 0 Å². The van der Waals surface area contributed by atoms with E-state index in [2.05, 4.69) is 23.2 Å². The highest BCUT2D eigenvalue weighted by Crippen LogP contribution is 2.20. The number of nitrogens with one attached hydrogen (secondary N) is 1. The van der Waals surface area contributed by atoms with Crippen molar-refractivity contribution < 1.29 is 0 Å². The van der Waals surface area contributed by atoms with E-state index in [0.29, 0.717) is 11.3 Å². The molecule has 1 aliphatic rings. The largest absolute Gasteiger partial charge is 0.397 e. The highest BCUT2D eigenvalue weighted by Gasteiger charge is 2.16. The molecule has 108 valence electrons. The smallest absolute Gasteiger partial charge is 0.0992 e. The third-order valence-electron chi connectivity index (χ3n) is 4.06. The Morgan fingerprint density at radius 2 is 2.30 bits per heavy atom. The third kappa shape index (κ3) is 3.88. The zero-order chi connectivity index (χ0) is 14.4. The average Bonchev–Trinajstić information content (AvgIpc) is 2.46. The maximum absolute atomic E-state index is 8.80. The summed E-state index contributed by atoms with van der Waals surface area (Å²) in [6.07, 6.45) is 5.15. The monoisotopic (exact) mass is 272 g/mol. The highest BCUT2D eigenvalue weighted by atomic mass is 15.2. The number of piperidine rings is 1. The highest BCUT2D eigenvalue weighted by molar-refractivity contribution is 5.68. The molecule has 1 aromatic carbocycles. The van der Waals surface area contributed by atoms with Gasteiger partial charge >= 0.3 is 0 Å².